The Morgan fingerprint density at radius 2 is 0.789 bits per heavy atom. The standard InChI is InChI=1S/C26H32N4O4.C24H27N3O4.C23H25N3O4/c1-5-7-27-17-20-12-19(6-2)13-21(14-20)30-26-22-15-24(33-10-8-31-3)25(34-11-9-32-4)16-23(22)28-18-29-26;1-4-5-7-18-8-6-9-19(14-18)27-24-20-15-22(30-12-10-28-2)23(31-13-11-29-3)16-21(20)25-17-26-24;1-4-17-7-6-8-18(13-17)26-23-19-14-21(29-11-9-27-3)22(30-12-10-28-5-2)15-20(19)24-16-25-23/h2,12-16,18,27H,5,7-11,17H2,1,3-4H3,(H,28,29,30);6,8-9,14-17H,4,10-13H2,1-3H3,(H,25,26,27);1,6-8,13-16H,5,9-12H2,2-3H3,(H,24,25,26). The molecule has 0 aliphatic rings. The maximum Gasteiger partial charge on any atom is 0.163 e. The third-order valence-electron chi connectivity index (χ3n) is 13.5. The van der Waals surface area contributed by atoms with Gasteiger partial charge in [0.1, 0.15) is 76.1 Å². The van der Waals surface area contributed by atoms with Crippen molar-refractivity contribution in [3.05, 3.63) is 144 Å². The molecule has 498 valence electrons. The zero-order valence-corrected chi connectivity index (χ0v) is 55.3. The van der Waals surface area contributed by atoms with Gasteiger partial charge >= 0.3 is 0 Å². The Balaban J connectivity index is 0.000000202. The number of hydrogen-bond donors (Lipinski definition) is 4. The molecule has 0 unspecified atom stereocenters. The van der Waals surface area contributed by atoms with Crippen molar-refractivity contribution in [2.24, 2.45) is 0 Å². The number of methoxy groups -OCH3 is 5. The summed E-state index contributed by atoms with van der Waals surface area (Å²) in [4.78, 5) is 26.5. The zero-order valence-electron chi connectivity index (χ0n) is 55.3. The van der Waals surface area contributed by atoms with Crippen molar-refractivity contribution in [3.63, 3.8) is 0 Å². The number of hydrogen-bond acceptors (Lipinski definition) is 22. The van der Waals surface area contributed by atoms with Crippen molar-refractivity contribution >= 4 is 67.2 Å². The first-order chi connectivity index (χ1) is 46.7. The van der Waals surface area contributed by atoms with Gasteiger partial charge in [-0.05, 0) is 98.2 Å². The van der Waals surface area contributed by atoms with Gasteiger partial charge in [0.15, 0.2) is 34.5 Å². The molecular weight excluding hydrogens is 1210 g/mol. The summed E-state index contributed by atoms with van der Waals surface area (Å²) in [5, 5.41) is 15.9. The summed E-state index contributed by atoms with van der Waals surface area (Å²) in [6.07, 6.45) is 17.6. The van der Waals surface area contributed by atoms with E-state index in [9.17, 15) is 0 Å². The van der Waals surface area contributed by atoms with E-state index >= 15 is 0 Å². The molecule has 22 heteroatoms. The highest BCUT2D eigenvalue weighted by molar-refractivity contribution is 5.95. The third kappa shape index (κ3) is 23.2. The lowest BCUT2D eigenvalue weighted by molar-refractivity contribution is 0.106. The minimum absolute atomic E-state index is 0.386. The molecule has 0 saturated carbocycles. The van der Waals surface area contributed by atoms with Crippen molar-refractivity contribution in [1.29, 1.82) is 0 Å². The van der Waals surface area contributed by atoms with E-state index in [0.717, 1.165) is 98.0 Å². The second kappa shape index (κ2) is 40.8. The van der Waals surface area contributed by atoms with Crippen molar-refractivity contribution < 1.29 is 56.8 Å². The first-order valence-corrected chi connectivity index (χ1v) is 31.1. The summed E-state index contributed by atoms with van der Waals surface area (Å²) in [5.74, 6) is 17.1. The van der Waals surface area contributed by atoms with Crippen molar-refractivity contribution in [2.75, 3.05) is 144 Å². The predicted molar refractivity (Wildman–Crippen MR) is 372 cm³/mol. The molecule has 3 heterocycles. The van der Waals surface area contributed by atoms with Crippen LogP contribution >= 0.6 is 0 Å². The van der Waals surface area contributed by atoms with Crippen LogP contribution in [0.4, 0.5) is 34.5 Å². The van der Waals surface area contributed by atoms with E-state index in [1.54, 1.807) is 35.5 Å². The van der Waals surface area contributed by atoms with E-state index < -0.39 is 0 Å². The maximum atomic E-state index is 5.92. The van der Waals surface area contributed by atoms with Crippen LogP contribution in [-0.2, 0) is 35.0 Å². The Morgan fingerprint density at radius 3 is 1.19 bits per heavy atom. The van der Waals surface area contributed by atoms with E-state index in [2.05, 4.69) is 87.8 Å². The Bertz CT molecular complexity index is 4000. The van der Waals surface area contributed by atoms with Gasteiger partial charge in [0.2, 0.25) is 0 Å². The summed E-state index contributed by atoms with van der Waals surface area (Å²) >= 11 is 0. The SMILES string of the molecule is C#Cc1cc(CNCCC)cc(Nc2ncnc3cc(OCCOC)c(OCCOC)cc23)c1.C#Cc1cccc(Nc2ncnc3cc(OCCOCC)c(OCCOC)cc23)c1.CCC#Cc1cccc(Nc2ncnc3cc(OCCOC)c(OCCOC)cc23)c1. The molecule has 9 rings (SSSR count). The number of fused-ring (bicyclic) bond motifs is 3. The fourth-order valence-electron chi connectivity index (χ4n) is 9.02. The van der Waals surface area contributed by atoms with Crippen LogP contribution in [0.3, 0.4) is 0 Å². The summed E-state index contributed by atoms with van der Waals surface area (Å²) in [6, 6.07) is 32.7. The molecule has 0 atom stereocenters. The summed E-state index contributed by atoms with van der Waals surface area (Å²) in [7, 11) is 8.16. The average molecular weight is 1290 g/mol. The Kier molecular flexibility index (Phi) is 31.1. The number of rotatable bonds is 35. The van der Waals surface area contributed by atoms with E-state index in [4.69, 9.17) is 69.7 Å². The van der Waals surface area contributed by atoms with Gasteiger partial charge in [0.05, 0.1) is 56.2 Å². The van der Waals surface area contributed by atoms with Gasteiger partial charge in [-0.2, -0.15) is 0 Å². The second-order valence-electron chi connectivity index (χ2n) is 20.4. The van der Waals surface area contributed by atoms with Crippen LogP contribution < -0.4 is 49.7 Å². The molecule has 0 aliphatic heterocycles. The van der Waals surface area contributed by atoms with Crippen LogP contribution in [0.5, 0.6) is 34.5 Å². The molecule has 22 nitrogen and oxygen atoms in total. The smallest absolute Gasteiger partial charge is 0.163 e. The number of benzene rings is 6. The molecule has 0 saturated heterocycles. The van der Waals surface area contributed by atoms with Crippen molar-refractivity contribution in [2.45, 2.75) is 40.2 Å². The number of aromatic nitrogens is 6. The monoisotopic (exact) mass is 1290 g/mol. The highest BCUT2D eigenvalue weighted by Gasteiger charge is 2.17. The van der Waals surface area contributed by atoms with Crippen LogP contribution in [-0.4, -0.2) is 158 Å². The predicted octanol–water partition coefficient (Wildman–Crippen LogP) is 11.9. The van der Waals surface area contributed by atoms with Gasteiger partial charge in [-0.1, -0.05) is 49.7 Å². The maximum absolute atomic E-state index is 5.92. The molecule has 0 aliphatic carbocycles. The fraction of sp³-hybridized carbons (Fsp3) is 0.342. The number of terminal acetylenes is 2. The fourth-order valence-corrected chi connectivity index (χ4v) is 9.02. The van der Waals surface area contributed by atoms with E-state index in [1.165, 1.54) is 19.0 Å². The molecule has 3 aromatic heterocycles. The quantitative estimate of drug-likeness (QED) is 0.0213. The number of ether oxygens (including phenoxy) is 12. The molecule has 0 spiro atoms. The Labute approximate surface area is 556 Å². The van der Waals surface area contributed by atoms with Gasteiger partial charge in [0.25, 0.3) is 0 Å². The van der Waals surface area contributed by atoms with Crippen LogP contribution in [0.25, 0.3) is 32.7 Å². The second-order valence-corrected chi connectivity index (χ2v) is 20.4. The van der Waals surface area contributed by atoms with Crippen molar-refractivity contribution in [1.82, 2.24) is 35.2 Å². The number of nitrogens with zero attached hydrogens (tertiary/aromatic N) is 6. The van der Waals surface area contributed by atoms with Crippen LogP contribution in [0.1, 0.15) is 55.9 Å². The van der Waals surface area contributed by atoms with E-state index in [-0.39, 0.29) is 0 Å². The Morgan fingerprint density at radius 1 is 0.400 bits per heavy atom. The lowest BCUT2D eigenvalue weighted by atomic mass is 10.1. The first-order valence-electron chi connectivity index (χ1n) is 31.1. The molecule has 95 heavy (non-hydrogen) atoms. The largest absolute Gasteiger partial charge is 0.487 e. The topological polar surface area (TPSA) is 236 Å². The zero-order chi connectivity index (χ0) is 67.2. The molecule has 6 aromatic carbocycles. The molecule has 9 aromatic rings. The van der Waals surface area contributed by atoms with Gasteiger partial charge in [-0.25, -0.2) is 29.9 Å². The minimum atomic E-state index is 0.386. The minimum Gasteiger partial charge on any atom is -0.487 e. The van der Waals surface area contributed by atoms with Gasteiger partial charge in [-0.3, -0.25) is 0 Å². The molecule has 0 radical (unpaired) electrons. The van der Waals surface area contributed by atoms with Crippen molar-refractivity contribution in [3.8, 4) is 71.0 Å². The number of nitrogens with one attached hydrogen (secondary N) is 4. The lowest BCUT2D eigenvalue weighted by Gasteiger charge is -2.15. The van der Waals surface area contributed by atoms with Crippen LogP contribution in [0.2, 0.25) is 0 Å². The number of anilines is 6. The first kappa shape index (κ1) is 72.4. The van der Waals surface area contributed by atoms with Gasteiger partial charge in [0, 0.05) is 123 Å². The third-order valence-corrected chi connectivity index (χ3v) is 13.5. The Hall–Kier alpha value is -10.1. The van der Waals surface area contributed by atoms with Crippen LogP contribution in [0.15, 0.2) is 122 Å². The highest BCUT2D eigenvalue weighted by Crippen LogP contribution is 2.38. The molecule has 0 bridgehead atoms. The van der Waals surface area contributed by atoms with Gasteiger partial charge in [-0.15, -0.1) is 12.8 Å². The summed E-state index contributed by atoms with van der Waals surface area (Å²) in [5.41, 5.74) is 8.41. The molecule has 4 N–H and O–H groups in total. The van der Waals surface area contributed by atoms with E-state index in [1.807, 2.05) is 111 Å². The highest BCUT2D eigenvalue weighted by atomic mass is 16.6. The average Bonchev–Trinajstić information content (AvgIpc) is 0.861. The summed E-state index contributed by atoms with van der Waals surface area (Å²) < 4.78 is 66.1. The summed E-state index contributed by atoms with van der Waals surface area (Å²) in [6.45, 7) is 13.7. The lowest BCUT2D eigenvalue weighted by Crippen LogP contribution is -2.14. The van der Waals surface area contributed by atoms with E-state index in [0.29, 0.717) is 138 Å². The molecule has 0 fully saturated rings. The molecular formula is C73H84N10O12. The molecule has 0 amide bonds. The van der Waals surface area contributed by atoms with Gasteiger partial charge < -0.3 is 78.1 Å². The van der Waals surface area contributed by atoms with Crippen LogP contribution in [0, 0.1) is 36.5 Å². The normalized spacial score (nSPS) is 10.6.